The van der Waals surface area contributed by atoms with Crippen molar-refractivity contribution in [1.82, 2.24) is 15.6 Å². The second-order valence-electron chi connectivity index (χ2n) is 5.22. The summed E-state index contributed by atoms with van der Waals surface area (Å²) in [6.07, 6.45) is 3.41. The first kappa shape index (κ1) is 18.1. The van der Waals surface area contributed by atoms with Gasteiger partial charge in [0.2, 0.25) is 0 Å². The molecule has 2 N–H and O–H groups in total. The number of hydrogen-bond acceptors (Lipinski definition) is 3. The van der Waals surface area contributed by atoms with Crippen LogP contribution in [0.4, 0.5) is 0 Å². The molecule has 0 aliphatic rings. The first-order chi connectivity index (χ1) is 11.7. The molecule has 1 aromatic carbocycles. The van der Waals surface area contributed by atoms with E-state index in [1.54, 1.807) is 12.4 Å². The number of guanidine groups is 1. The van der Waals surface area contributed by atoms with Gasteiger partial charge in [-0.2, -0.15) is 0 Å². The van der Waals surface area contributed by atoms with Crippen molar-refractivity contribution in [1.29, 1.82) is 0 Å². The van der Waals surface area contributed by atoms with Crippen LogP contribution in [0.3, 0.4) is 0 Å². The smallest absolute Gasteiger partial charge is 0.191 e. The highest BCUT2D eigenvalue weighted by atomic mass is 35.5. The predicted octanol–water partition coefficient (Wildman–Crippen LogP) is 3.43. The third-order valence-corrected chi connectivity index (χ3v) is 3.55. The molecule has 0 aliphatic carbocycles. The van der Waals surface area contributed by atoms with Crippen molar-refractivity contribution < 1.29 is 4.74 Å². The monoisotopic (exact) mass is 346 g/mol. The van der Waals surface area contributed by atoms with Crippen LogP contribution in [-0.4, -0.2) is 30.6 Å². The Labute approximate surface area is 148 Å². The van der Waals surface area contributed by atoms with Crippen molar-refractivity contribution in [2.24, 2.45) is 4.99 Å². The first-order valence-electron chi connectivity index (χ1n) is 8.02. The maximum atomic E-state index is 6.05. The Bertz CT molecular complexity index is 648. The molecule has 0 saturated carbocycles. The summed E-state index contributed by atoms with van der Waals surface area (Å²) >= 11 is 6.05. The van der Waals surface area contributed by atoms with Gasteiger partial charge in [-0.1, -0.05) is 23.7 Å². The summed E-state index contributed by atoms with van der Waals surface area (Å²) in [7, 11) is 0. The van der Waals surface area contributed by atoms with Crippen LogP contribution in [0.15, 0.2) is 53.8 Å². The fraction of sp³-hybridized carbons (Fsp3) is 0.333. The van der Waals surface area contributed by atoms with E-state index in [9.17, 15) is 0 Å². The van der Waals surface area contributed by atoms with Gasteiger partial charge in [0.15, 0.2) is 5.96 Å². The summed E-state index contributed by atoms with van der Waals surface area (Å²) in [5.41, 5.74) is 1.11. The number of nitrogens with one attached hydrogen (secondary N) is 2. The Balaban J connectivity index is 1.88. The van der Waals surface area contributed by atoms with Gasteiger partial charge in [-0.25, -0.2) is 4.99 Å². The van der Waals surface area contributed by atoms with Crippen LogP contribution in [0.2, 0.25) is 5.02 Å². The summed E-state index contributed by atoms with van der Waals surface area (Å²) in [5.74, 6) is 1.50. The van der Waals surface area contributed by atoms with Crippen molar-refractivity contribution in [3.8, 4) is 5.75 Å². The summed E-state index contributed by atoms with van der Waals surface area (Å²) in [5, 5.41) is 7.34. The Hall–Kier alpha value is -2.27. The maximum absolute atomic E-state index is 6.05. The van der Waals surface area contributed by atoms with Crippen LogP contribution in [0, 0.1) is 0 Å². The van der Waals surface area contributed by atoms with Crippen LogP contribution < -0.4 is 15.4 Å². The molecular formula is C18H23ClN4O. The molecule has 6 heteroatoms. The molecule has 0 aliphatic heterocycles. The largest absolute Gasteiger partial charge is 0.490 e. The molecule has 5 nitrogen and oxygen atoms in total. The molecule has 0 fully saturated rings. The Morgan fingerprint density at radius 3 is 2.92 bits per heavy atom. The summed E-state index contributed by atoms with van der Waals surface area (Å²) in [6.45, 7) is 5.94. The zero-order valence-electron chi connectivity index (χ0n) is 14.0. The molecule has 0 bridgehead atoms. The number of rotatable bonds is 7. The molecule has 0 amide bonds. The van der Waals surface area contributed by atoms with Crippen molar-refractivity contribution >= 4 is 17.6 Å². The minimum atomic E-state index is 0.0979. The lowest BCUT2D eigenvalue weighted by Gasteiger charge is -2.18. The normalized spacial score (nSPS) is 12.5. The minimum absolute atomic E-state index is 0.0979. The minimum Gasteiger partial charge on any atom is -0.490 e. The number of aliphatic imine (C=N–C) groups is 1. The van der Waals surface area contributed by atoms with Gasteiger partial charge in [-0.3, -0.25) is 4.98 Å². The van der Waals surface area contributed by atoms with E-state index < -0.39 is 0 Å². The van der Waals surface area contributed by atoms with Crippen molar-refractivity contribution in [3.63, 3.8) is 0 Å². The first-order valence-corrected chi connectivity index (χ1v) is 8.40. The van der Waals surface area contributed by atoms with E-state index in [-0.39, 0.29) is 6.04 Å². The third kappa shape index (κ3) is 6.08. The molecule has 24 heavy (non-hydrogen) atoms. The number of benzene rings is 1. The average molecular weight is 347 g/mol. The van der Waals surface area contributed by atoms with Gasteiger partial charge in [0.25, 0.3) is 0 Å². The molecular weight excluding hydrogens is 324 g/mol. The van der Waals surface area contributed by atoms with Gasteiger partial charge in [-0.05, 0) is 43.7 Å². The zero-order valence-corrected chi connectivity index (χ0v) is 14.8. The number of aromatic nitrogens is 1. The van der Waals surface area contributed by atoms with E-state index in [1.807, 2.05) is 43.3 Å². The standard InChI is InChI=1S/C18H23ClN4O/c1-3-21-18(22-10-11-24-17-8-5-9-20-13-17)23-14(2)15-6-4-7-16(19)12-15/h4-9,12-14H,3,10-11H2,1-2H3,(H2,21,22,23). The van der Waals surface area contributed by atoms with Gasteiger partial charge >= 0.3 is 0 Å². The number of nitrogens with zero attached hydrogens (tertiary/aromatic N) is 2. The van der Waals surface area contributed by atoms with E-state index in [2.05, 4.69) is 27.5 Å². The number of ether oxygens (including phenoxy) is 1. The Morgan fingerprint density at radius 1 is 1.33 bits per heavy atom. The molecule has 2 aromatic rings. The van der Waals surface area contributed by atoms with Gasteiger partial charge in [0.05, 0.1) is 18.8 Å². The maximum Gasteiger partial charge on any atom is 0.191 e. The number of pyridine rings is 1. The van der Waals surface area contributed by atoms with Gasteiger partial charge in [0, 0.05) is 17.8 Å². The lowest BCUT2D eigenvalue weighted by molar-refractivity contribution is 0.327. The van der Waals surface area contributed by atoms with Crippen molar-refractivity contribution in [2.75, 3.05) is 19.7 Å². The lowest BCUT2D eigenvalue weighted by atomic mass is 10.1. The van der Waals surface area contributed by atoms with Gasteiger partial charge in [0.1, 0.15) is 12.4 Å². The van der Waals surface area contributed by atoms with E-state index >= 15 is 0 Å². The average Bonchev–Trinajstić information content (AvgIpc) is 2.59. The summed E-state index contributed by atoms with van der Waals surface area (Å²) < 4.78 is 5.60. The van der Waals surface area contributed by atoms with Crippen LogP contribution >= 0.6 is 11.6 Å². The van der Waals surface area contributed by atoms with Crippen LogP contribution in [-0.2, 0) is 0 Å². The SMILES string of the molecule is CCNC(=NCCOc1cccnc1)NC(C)c1cccc(Cl)c1. The highest BCUT2D eigenvalue weighted by Crippen LogP contribution is 2.17. The molecule has 128 valence electrons. The quantitative estimate of drug-likeness (QED) is 0.458. The van der Waals surface area contributed by atoms with Gasteiger partial charge in [-0.15, -0.1) is 0 Å². The van der Waals surface area contributed by atoms with Crippen LogP contribution in [0.5, 0.6) is 5.75 Å². The van der Waals surface area contributed by atoms with E-state index in [0.717, 1.165) is 28.8 Å². The summed E-state index contributed by atoms with van der Waals surface area (Å²) in [4.78, 5) is 8.54. The number of hydrogen-bond donors (Lipinski definition) is 2. The predicted molar refractivity (Wildman–Crippen MR) is 98.7 cm³/mol. The van der Waals surface area contributed by atoms with Crippen molar-refractivity contribution in [2.45, 2.75) is 19.9 Å². The van der Waals surface area contributed by atoms with Crippen LogP contribution in [0.25, 0.3) is 0 Å². The highest BCUT2D eigenvalue weighted by Gasteiger charge is 2.08. The van der Waals surface area contributed by atoms with E-state index in [4.69, 9.17) is 16.3 Å². The van der Waals surface area contributed by atoms with Crippen LogP contribution in [0.1, 0.15) is 25.5 Å². The second kappa shape index (κ2) is 9.78. The third-order valence-electron chi connectivity index (χ3n) is 3.31. The lowest BCUT2D eigenvalue weighted by Crippen LogP contribution is -2.39. The molecule has 0 spiro atoms. The molecule has 1 aromatic heterocycles. The van der Waals surface area contributed by atoms with Gasteiger partial charge < -0.3 is 15.4 Å². The fourth-order valence-electron chi connectivity index (χ4n) is 2.14. The Morgan fingerprint density at radius 2 is 2.21 bits per heavy atom. The molecule has 0 saturated heterocycles. The van der Waals surface area contributed by atoms with Crippen molar-refractivity contribution in [3.05, 3.63) is 59.4 Å². The molecule has 1 unspecified atom stereocenters. The molecule has 2 rings (SSSR count). The Kier molecular flexibility index (Phi) is 7.36. The molecule has 1 heterocycles. The highest BCUT2D eigenvalue weighted by molar-refractivity contribution is 6.30. The topological polar surface area (TPSA) is 58.5 Å². The second-order valence-corrected chi connectivity index (χ2v) is 5.66. The van der Waals surface area contributed by atoms with E-state index in [0.29, 0.717) is 13.2 Å². The zero-order chi connectivity index (χ0) is 17.2. The number of halogens is 1. The fourth-order valence-corrected chi connectivity index (χ4v) is 2.34. The summed E-state index contributed by atoms with van der Waals surface area (Å²) in [6, 6.07) is 11.6. The molecule has 0 radical (unpaired) electrons. The van der Waals surface area contributed by atoms with E-state index in [1.165, 1.54) is 0 Å². The molecule has 1 atom stereocenters.